The molecule has 82 valence electrons. The minimum absolute atomic E-state index is 0. The zero-order valence-corrected chi connectivity index (χ0v) is 11.2. The molecule has 0 aromatic carbocycles. The summed E-state index contributed by atoms with van der Waals surface area (Å²) in [4.78, 5) is 0.0891. The molecular formula is C6H5Br2ClF3NS. The minimum Gasteiger partial charge on any atom is -0.316 e. The van der Waals surface area contributed by atoms with Gasteiger partial charge in [-0.05, 0) is 37.9 Å². The van der Waals surface area contributed by atoms with Crippen LogP contribution in [0, 0.1) is 0 Å². The number of rotatable bonds is 1. The number of halogens is 6. The largest absolute Gasteiger partial charge is 0.408 e. The maximum Gasteiger partial charge on any atom is 0.408 e. The van der Waals surface area contributed by atoms with Crippen molar-refractivity contribution in [1.29, 1.82) is 0 Å². The van der Waals surface area contributed by atoms with Crippen LogP contribution in [-0.2, 0) is 0 Å². The van der Waals surface area contributed by atoms with Gasteiger partial charge in [-0.3, -0.25) is 0 Å². The van der Waals surface area contributed by atoms with Crippen molar-refractivity contribution in [2.24, 2.45) is 5.73 Å². The molecule has 0 unspecified atom stereocenters. The zero-order valence-electron chi connectivity index (χ0n) is 6.44. The van der Waals surface area contributed by atoms with E-state index >= 15 is 0 Å². The summed E-state index contributed by atoms with van der Waals surface area (Å²) in [6.07, 6.45) is -4.39. The molecule has 8 heteroatoms. The van der Waals surface area contributed by atoms with E-state index in [0.717, 1.165) is 11.3 Å². The van der Waals surface area contributed by atoms with Gasteiger partial charge in [0.05, 0.1) is 3.79 Å². The molecule has 1 aromatic rings. The third kappa shape index (κ3) is 3.37. The van der Waals surface area contributed by atoms with E-state index in [4.69, 9.17) is 5.73 Å². The lowest BCUT2D eigenvalue weighted by atomic mass is 10.2. The molecule has 14 heavy (non-hydrogen) atoms. The molecule has 1 rings (SSSR count). The molecule has 2 N–H and O–H groups in total. The van der Waals surface area contributed by atoms with Crippen LogP contribution in [0.15, 0.2) is 14.3 Å². The monoisotopic (exact) mass is 373 g/mol. The maximum absolute atomic E-state index is 12.1. The van der Waals surface area contributed by atoms with E-state index in [2.05, 4.69) is 31.9 Å². The summed E-state index contributed by atoms with van der Waals surface area (Å²) in [5.41, 5.74) is 5.00. The van der Waals surface area contributed by atoms with Crippen molar-refractivity contribution in [1.82, 2.24) is 0 Å². The van der Waals surface area contributed by atoms with Crippen LogP contribution in [-0.4, -0.2) is 6.18 Å². The van der Waals surface area contributed by atoms with Gasteiger partial charge in [-0.2, -0.15) is 13.2 Å². The second kappa shape index (κ2) is 5.16. The first-order valence-corrected chi connectivity index (χ1v) is 5.49. The summed E-state index contributed by atoms with van der Waals surface area (Å²) in [5, 5.41) is 0. The number of hydrogen-bond acceptors (Lipinski definition) is 2. The molecule has 1 aromatic heterocycles. The predicted octanol–water partition coefficient (Wildman–Crippen LogP) is 4.26. The van der Waals surface area contributed by atoms with Crippen molar-refractivity contribution < 1.29 is 13.2 Å². The van der Waals surface area contributed by atoms with Gasteiger partial charge in [-0.25, -0.2) is 0 Å². The normalized spacial score (nSPS) is 13.6. The molecule has 0 aliphatic carbocycles. The number of nitrogens with two attached hydrogens (primary N) is 1. The van der Waals surface area contributed by atoms with E-state index in [-0.39, 0.29) is 17.3 Å². The Kier molecular flexibility index (Phi) is 5.41. The van der Waals surface area contributed by atoms with E-state index in [9.17, 15) is 13.2 Å². The molecule has 0 aliphatic rings. The maximum atomic E-state index is 12.1. The Morgan fingerprint density at radius 3 is 2.14 bits per heavy atom. The summed E-state index contributed by atoms with van der Waals surface area (Å²) in [6, 6.07) is -0.535. The van der Waals surface area contributed by atoms with E-state index in [1.54, 1.807) is 0 Å². The highest BCUT2D eigenvalue weighted by Crippen LogP contribution is 2.39. The molecule has 0 fully saturated rings. The molecule has 0 bridgehead atoms. The van der Waals surface area contributed by atoms with Gasteiger partial charge in [-0.1, -0.05) is 0 Å². The number of thiophene rings is 1. The molecular weight excluding hydrogens is 370 g/mol. The molecule has 0 aliphatic heterocycles. The van der Waals surface area contributed by atoms with Crippen molar-refractivity contribution >= 4 is 55.6 Å². The van der Waals surface area contributed by atoms with Crippen LogP contribution in [0.3, 0.4) is 0 Å². The predicted molar refractivity (Wildman–Crippen MR) is 60.0 cm³/mol. The molecule has 0 saturated heterocycles. The van der Waals surface area contributed by atoms with Gasteiger partial charge in [0.25, 0.3) is 0 Å². The first-order valence-electron chi connectivity index (χ1n) is 3.09. The Morgan fingerprint density at radius 2 is 1.86 bits per heavy atom. The van der Waals surface area contributed by atoms with Crippen LogP contribution in [0.25, 0.3) is 0 Å². The van der Waals surface area contributed by atoms with Crippen LogP contribution < -0.4 is 5.73 Å². The lowest BCUT2D eigenvalue weighted by Gasteiger charge is -2.12. The lowest BCUT2D eigenvalue weighted by Crippen LogP contribution is -2.27. The topological polar surface area (TPSA) is 26.0 Å². The van der Waals surface area contributed by atoms with E-state index < -0.39 is 12.2 Å². The van der Waals surface area contributed by atoms with Crippen molar-refractivity contribution in [3.05, 3.63) is 19.2 Å². The fraction of sp³-hybridized carbons (Fsp3) is 0.333. The lowest BCUT2D eigenvalue weighted by molar-refractivity contribution is -0.148. The van der Waals surface area contributed by atoms with E-state index in [0.29, 0.717) is 8.26 Å². The van der Waals surface area contributed by atoms with Crippen LogP contribution in [0.5, 0.6) is 0 Å². The average Bonchev–Trinajstić information content (AvgIpc) is 2.29. The van der Waals surface area contributed by atoms with E-state index in [1.165, 1.54) is 6.07 Å². The van der Waals surface area contributed by atoms with Gasteiger partial charge in [0, 0.05) is 9.35 Å². The highest BCUT2D eigenvalue weighted by Gasteiger charge is 2.39. The summed E-state index contributed by atoms with van der Waals surface area (Å²) < 4.78 is 37.6. The molecule has 0 radical (unpaired) electrons. The van der Waals surface area contributed by atoms with Gasteiger partial charge in [0.15, 0.2) is 0 Å². The zero-order chi connectivity index (χ0) is 10.2. The summed E-state index contributed by atoms with van der Waals surface area (Å²) in [7, 11) is 0. The SMILES string of the molecule is Cl.N[C@@H](c1cc(Br)c(Br)s1)C(F)(F)F. The van der Waals surface area contributed by atoms with Crippen LogP contribution >= 0.6 is 55.6 Å². The van der Waals surface area contributed by atoms with Crippen molar-refractivity contribution in [2.75, 3.05) is 0 Å². The van der Waals surface area contributed by atoms with Crippen LogP contribution in [0.2, 0.25) is 0 Å². The Bertz CT molecular complexity index is 295. The van der Waals surface area contributed by atoms with E-state index in [1.807, 2.05) is 0 Å². The highest BCUT2D eigenvalue weighted by atomic mass is 79.9. The number of hydrogen-bond donors (Lipinski definition) is 1. The highest BCUT2D eigenvalue weighted by molar-refractivity contribution is 9.13. The quantitative estimate of drug-likeness (QED) is 0.780. The number of alkyl halides is 3. The Morgan fingerprint density at radius 1 is 1.36 bits per heavy atom. The standard InChI is InChI=1S/C6H4Br2F3NS.ClH/c7-2-1-3(13-5(2)8)4(12)6(9,10)11;/h1,4H,12H2;1H/t4-;/m0./s1. The minimum atomic E-state index is -4.39. The van der Waals surface area contributed by atoms with Crippen LogP contribution in [0.4, 0.5) is 13.2 Å². The third-order valence-electron chi connectivity index (χ3n) is 1.32. The Balaban J connectivity index is 0.00000169. The van der Waals surface area contributed by atoms with Gasteiger partial charge < -0.3 is 5.73 Å². The first-order chi connectivity index (χ1) is 5.82. The molecule has 1 atom stereocenters. The summed E-state index contributed by atoms with van der Waals surface area (Å²) >= 11 is 7.17. The second-order valence-electron chi connectivity index (χ2n) is 2.29. The third-order valence-corrected chi connectivity index (χ3v) is 4.66. The molecule has 1 heterocycles. The van der Waals surface area contributed by atoms with Crippen molar-refractivity contribution in [2.45, 2.75) is 12.2 Å². The van der Waals surface area contributed by atoms with Gasteiger partial charge in [-0.15, -0.1) is 23.7 Å². The molecule has 0 spiro atoms. The first kappa shape index (κ1) is 14.7. The fourth-order valence-electron chi connectivity index (χ4n) is 0.678. The average molecular weight is 375 g/mol. The van der Waals surface area contributed by atoms with Gasteiger partial charge >= 0.3 is 6.18 Å². The molecule has 0 saturated carbocycles. The summed E-state index contributed by atoms with van der Waals surface area (Å²) in [6.45, 7) is 0. The van der Waals surface area contributed by atoms with Crippen LogP contribution in [0.1, 0.15) is 10.9 Å². The Labute approximate surface area is 106 Å². The van der Waals surface area contributed by atoms with Gasteiger partial charge in [0.2, 0.25) is 0 Å². The second-order valence-corrected chi connectivity index (χ2v) is 5.55. The smallest absolute Gasteiger partial charge is 0.316 e. The van der Waals surface area contributed by atoms with Crippen molar-refractivity contribution in [3.8, 4) is 0 Å². The van der Waals surface area contributed by atoms with Gasteiger partial charge in [0.1, 0.15) is 6.04 Å². The Hall–Kier alpha value is 0.700. The molecule has 1 nitrogen and oxygen atoms in total. The fourth-order valence-corrected chi connectivity index (χ4v) is 2.79. The summed E-state index contributed by atoms with van der Waals surface area (Å²) in [5.74, 6) is 0. The van der Waals surface area contributed by atoms with Crippen molar-refractivity contribution in [3.63, 3.8) is 0 Å². The molecule has 0 amide bonds.